The lowest BCUT2D eigenvalue weighted by molar-refractivity contribution is 0.0141. The van der Waals surface area contributed by atoms with Crippen molar-refractivity contribution >= 4 is 5.97 Å². The maximum absolute atomic E-state index is 12.1. The summed E-state index contributed by atoms with van der Waals surface area (Å²) in [4.78, 5) is 12.1. The SMILES string of the molecule is O=C(O[C@@H]1CCCC[C@H]1c1ccccc1)c1ccoc1. The molecule has 1 heterocycles. The van der Waals surface area contributed by atoms with Crippen molar-refractivity contribution in [2.45, 2.75) is 37.7 Å². The summed E-state index contributed by atoms with van der Waals surface area (Å²) in [7, 11) is 0. The zero-order valence-electron chi connectivity index (χ0n) is 11.3. The second-order valence-corrected chi connectivity index (χ2v) is 5.26. The van der Waals surface area contributed by atoms with Crippen LogP contribution in [0.2, 0.25) is 0 Å². The fourth-order valence-corrected chi connectivity index (χ4v) is 2.91. The minimum Gasteiger partial charge on any atom is -0.472 e. The minimum atomic E-state index is -0.286. The molecule has 0 unspecified atom stereocenters. The largest absolute Gasteiger partial charge is 0.472 e. The van der Waals surface area contributed by atoms with E-state index in [0.29, 0.717) is 11.5 Å². The maximum Gasteiger partial charge on any atom is 0.341 e. The first kappa shape index (κ1) is 13.0. The molecule has 1 aliphatic rings. The first-order valence-electron chi connectivity index (χ1n) is 7.13. The first-order valence-corrected chi connectivity index (χ1v) is 7.13. The van der Waals surface area contributed by atoms with E-state index in [4.69, 9.17) is 9.15 Å². The molecule has 0 saturated heterocycles. The van der Waals surface area contributed by atoms with Crippen LogP contribution in [0.15, 0.2) is 53.3 Å². The highest BCUT2D eigenvalue weighted by molar-refractivity contribution is 5.89. The molecule has 1 aromatic carbocycles. The van der Waals surface area contributed by atoms with E-state index in [1.54, 1.807) is 6.07 Å². The summed E-state index contributed by atoms with van der Waals surface area (Å²) in [5.74, 6) is 0.0207. The van der Waals surface area contributed by atoms with Crippen molar-refractivity contribution < 1.29 is 13.9 Å². The zero-order valence-corrected chi connectivity index (χ0v) is 11.3. The molecule has 2 atom stereocenters. The molecule has 2 aromatic rings. The van der Waals surface area contributed by atoms with Crippen molar-refractivity contribution in [3.63, 3.8) is 0 Å². The lowest BCUT2D eigenvalue weighted by atomic mass is 9.81. The van der Waals surface area contributed by atoms with Crippen LogP contribution in [0.4, 0.5) is 0 Å². The van der Waals surface area contributed by atoms with E-state index >= 15 is 0 Å². The van der Waals surface area contributed by atoms with Gasteiger partial charge in [0, 0.05) is 5.92 Å². The van der Waals surface area contributed by atoms with Gasteiger partial charge in [0.15, 0.2) is 0 Å². The lowest BCUT2D eigenvalue weighted by Gasteiger charge is -2.31. The van der Waals surface area contributed by atoms with Crippen LogP contribution in [-0.4, -0.2) is 12.1 Å². The van der Waals surface area contributed by atoms with Crippen LogP contribution in [0.3, 0.4) is 0 Å². The monoisotopic (exact) mass is 270 g/mol. The Morgan fingerprint density at radius 3 is 2.65 bits per heavy atom. The summed E-state index contributed by atoms with van der Waals surface area (Å²) in [5, 5.41) is 0. The number of hydrogen-bond donors (Lipinski definition) is 0. The Morgan fingerprint density at radius 2 is 1.90 bits per heavy atom. The molecular weight excluding hydrogens is 252 g/mol. The molecule has 104 valence electrons. The molecule has 1 saturated carbocycles. The molecule has 1 aliphatic carbocycles. The molecule has 0 spiro atoms. The van der Waals surface area contributed by atoms with Gasteiger partial charge in [0.25, 0.3) is 0 Å². The van der Waals surface area contributed by atoms with Crippen molar-refractivity contribution in [1.29, 1.82) is 0 Å². The van der Waals surface area contributed by atoms with Crippen molar-refractivity contribution in [3.8, 4) is 0 Å². The van der Waals surface area contributed by atoms with Gasteiger partial charge in [-0.15, -0.1) is 0 Å². The van der Waals surface area contributed by atoms with E-state index in [1.165, 1.54) is 24.5 Å². The molecule has 0 aliphatic heterocycles. The molecular formula is C17H18O3. The maximum atomic E-state index is 12.1. The van der Waals surface area contributed by atoms with Crippen LogP contribution in [0.1, 0.15) is 47.5 Å². The molecule has 20 heavy (non-hydrogen) atoms. The predicted octanol–water partition coefficient (Wildman–Crippen LogP) is 4.16. The third-order valence-corrected chi connectivity index (χ3v) is 3.95. The Balaban J connectivity index is 1.74. The van der Waals surface area contributed by atoms with Gasteiger partial charge < -0.3 is 9.15 Å². The normalized spacial score (nSPS) is 22.4. The Morgan fingerprint density at radius 1 is 1.10 bits per heavy atom. The van der Waals surface area contributed by atoms with Gasteiger partial charge in [0.2, 0.25) is 0 Å². The lowest BCUT2D eigenvalue weighted by Crippen LogP contribution is -2.28. The first-order chi connectivity index (χ1) is 9.84. The second-order valence-electron chi connectivity index (χ2n) is 5.26. The molecule has 3 heteroatoms. The highest BCUT2D eigenvalue weighted by atomic mass is 16.5. The Hall–Kier alpha value is -2.03. The molecule has 0 bridgehead atoms. The van der Waals surface area contributed by atoms with E-state index < -0.39 is 0 Å². The molecule has 3 rings (SSSR count). The van der Waals surface area contributed by atoms with Crippen molar-refractivity contribution in [2.75, 3.05) is 0 Å². The number of ether oxygens (including phenoxy) is 1. The number of furan rings is 1. The summed E-state index contributed by atoms with van der Waals surface area (Å²) in [5.41, 5.74) is 1.75. The number of benzene rings is 1. The zero-order chi connectivity index (χ0) is 13.8. The number of carbonyl (C=O) groups is 1. The fourth-order valence-electron chi connectivity index (χ4n) is 2.91. The smallest absolute Gasteiger partial charge is 0.341 e. The number of esters is 1. The quantitative estimate of drug-likeness (QED) is 0.786. The Kier molecular flexibility index (Phi) is 3.86. The molecule has 3 nitrogen and oxygen atoms in total. The second kappa shape index (κ2) is 5.95. The van der Waals surface area contributed by atoms with Crippen molar-refractivity contribution in [3.05, 3.63) is 60.1 Å². The average Bonchev–Trinajstić information content (AvgIpc) is 3.03. The minimum absolute atomic E-state index is 0.0338. The topological polar surface area (TPSA) is 39.4 Å². The summed E-state index contributed by atoms with van der Waals surface area (Å²) >= 11 is 0. The summed E-state index contributed by atoms with van der Waals surface area (Å²) in [6.45, 7) is 0. The van der Waals surface area contributed by atoms with E-state index in [1.807, 2.05) is 18.2 Å². The Bertz CT molecular complexity index is 545. The van der Waals surface area contributed by atoms with Crippen LogP contribution in [-0.2, 0) is 4.74 Å². The van der Waals surface area contributed by atoms with Gasteiger partial charge in [-0.05, 0) is 30.9 Å². The van der Waals surface area contributed by atoms with E-state index in [9.17, 15) is 4.79 Å². The van der Waals surface area contributed by atoms with Gasteiger partial charge in [-0.3, -0.25) is 0 Å². The third-order valence-electron chi connectivity index (χ3n) is 3.95. The van der Waals surface area contributed by atoms with Crippen LogP contribution >= 0.6 is 0 Å². The highest BCUT2D eigenvalue weighted by Crippen LogP contribution is 2.35. The molecule has 0 amide bonds. The number of hydrogen-bond acceptors (Lipinski definition) is 3. The van der Waals surface area contributed by atoms with Crippen molar-refractivity contribution in [1.82, 2.24) is 0 Å². The van der Waals surface area contributed by atoms with Crippen LogP contribution in [0.25, 0.3) is 0 Å². The van der Waals surface area contributed by atoms with E-state index in [-0.39, 0.29) is 12.1 Å². The van der Waals surface area contributed by atoms with Gasteiger partial charge in [-0.2, -0.15) is 0 Å². The van der Waals surface area contributed by atoms with Crippen LogP contribution < -0.4 is 0 Å². The van der Waals surface area contributed by atoms with Gasteiger partial charge in [-0.1, -0.05) is 36.8 Å². The van der Waals surface area contributed by atoms with Gasteiger partial charge >= 0.3 is 5.97 Å². The molecule has 0 N–H and O–H groups in total. The van der Waals surface area contributed by atoms with Crippen LogP contribution in [0, 0.1) is 0 Å². The third kappa shape index (κ3) is 2.77. The molecule has 1 aromatic heterocycles. The van der Waals surface area contributed by atoms with Gasteiger partial charge in [-0.25, -0.2) is 4.79 Å². The summed E-state index contributed by atoms with van der Waals surface area (Å²) < 4.78 is 10.6. The Labute approximate surface area is 118 Å². The highest BCUT2D eigenvalue weighted by Gasteiger charge is 2.29. The molecule has 0 radical (unpaired) electrons. The number of carbonyl (C=O) groups excluding carboxylic acids is 1. The fraction of sp³-hybridized carbons (Fsp3) is 0.353. The van der Waals surface area contributed by atoms with Crippen molar-refractivity contribution in [2.24, 2.45) is 0 Å². The van der Waals surface area contributed by atoms with E-state index in [2.05, 4.69) is 12.1 Å². The van der Waals surface area contributed by atoms with Gasteiger partial charge in [0.05, 0.1) is 11.8 Å². The predicted molar refractivity (Wildman–Crippen MR) is 75.6 cm³/mol. The van der Waals surface area contributed by atoms with Gasteiger partial charge in [0.1, 0.15) is 12.4 Å². The number of rotatable bonds is 3. The standard InChI is InChI=1S/C17H18O3/c18-17(14-10-11-19-12-14)20-16-9-5-4-8-15(16)13-6-2-1-3-7-13/h1-3,6-7,10-12,15-16H,4-5,8-9H2/t15-,16+/m0/s1. The summed E-state index contributed by atoms with van der Waals surface area (Å²) in [6.07, 6.45) is 7.21. The van der Waals surface area contributed by atoms with Crippen LogP contribution in [0.5, 0.6) is 0 Å². The van der Waals surface area contributed by atoms with E-state index in [0.717, 1.165) is 19.3 Å². The average molecular weight is 270 g/mol. The molecule has 1 fully saturated rings. The summed E-state index contributed by atoms with van der Waals surface area (Å²) in [6, 6.07) is 12.0.